The van der Waals surface area contributed by atoms with E-state index in [2.05, 4.69) is 30.1 Å². The van der Waals surface area contributed by atoms with Crippen LogP contribution in [-0.2, 0) is 0 Å². The molecule has 0 atom stereocenters. The van der Waals surface area contributed by atoms with Crippen LogP contribution in [0.5, 0.6) is 0 Å². The van der Waals surface area contributed by atoms with Crippen molar-refractivity contribution in [3.05, 3.63) is 71.8 Å². The van der Waals surface area contributed by atoms with Crippen LogP contribution in [-0.4, -0.2) is 47.0 Å². The second kappa shape index (κ2) is 8.26. The van der Waals surface area contributed by atoms with E-state index in [1.54, 1.807) is 24.7 Å². The van der Waals surface area contributed by atoms with Gasteiger partial charge in [-0.25, -0.2) is 15.0 Å². The van der Waals surface area contributed by atoms with Crippen LogP contribution in [0.15, 0.2) is 55.0 Å². The Morgan fingerprint density at radius 3 is 2.31 bits per heavy atom. The van der Waals surface area contributed by atoms with Crippen molar-refractivity contribution in [2.75, 3.05) is 41.3 Å². The van der Waals surface area contributed by atoms with Crippen molar-refractivity contribution in [2.45, 2.75) is 13.8 Å². The second-order valence-electron chi connectivity index (χ2n) is 7.20. The molecular formula is C22H24N6O. The number of benzene rings is 1. The van der Waals surface area contributed by atoms with E-state index in [0.717, 1.165) is 49.1 Å². The third-order valence-electron chi connectivity index (χ3n) is 5.09. The van der Waals surface area contributed by atoms with Gasteiger partial charge in [0.05, 0.1) is 11.9 Å². The van der Waals surface area contributed by atoms with E-state index in [4.69, 9.17) is 0 Å². The molecule has 4 rings (SSSR count). The van der Waals surface area contributed by atoms with Gasteiger partial charge in [-0.3, -0.25) is 4.79 Å². The van der Waals surface area contributed by atoms with Crippen LogP contribution in [0, 0.1) is 13.8 Å². The Balaban J connectivity index is 1.37. The Bertz CT molecular complexity index is 982. The Labute approximate surface area is 170 Å². The molecule has 1 N–H and O–H groups in total. The minimum atomic E-state index is -0.199. The normalized spacial score (nSPS) is 14.0. The first-order valence-corrected chi connectivity index (χ1v) is 9.72. The highest BCUT2D eigenvalue weighted by atomic mass is 16.1. The minimum absolute atomic E-state index is 0.199. The molecule has 1 aliphatic heterocycles. The molecule has 0 radical (unpaired) electrons. The van der Waals surface area contributed by atoms with Crippen LogP contribution in [0.4, 0.5) is 17.3 Å². The van der Waals surface area contributed by atoms with Crippen molar-refractivity contribution in [2.24, 2.45) is 0 Å². The van der Waals surface area contributed by atoms with Gasteiger partial charge in [-0.2, -0.15) is 0 Å². The van der Waals surface area contributed by atoms with Crippen LogP contribution in [0.25, 0.3) is 0 Å². The number of hydrogen-bond donors (Lipinski definition) is 1. The summed E-state index contributed by atoms with van der Waals surface area (Å²) in [5.41, 5.74) is 4.44. The molecule has 1 fully saturated rings. The minimum Gasteiger partial charge on any atom is -0.367 e. The summed E-state index contributed by atoms with van der Waals surface area (Å²) >= 11 is 0. The lowest BCUT2D eigenvalue weighted by atomic mass is 10.1. The number of carbonyl (C=O) groups excluding carboxylic acids is 1. The Hall–Kier alpha value is -3.48. The fourth-order valence-electron chi connectivity index (χ4n) is 3.47. The van der Waals surface area contributed by atoms with Crippen molar-refractivity contribution in [1.29, 1.82) is 0 Å². The van der Waals surface area contributed by atoms with E-state index in [-0.39, 0.29) is 5.91 Å². The number of nitrogens with one attached hydrogen (secondary N) is 1. The predicted octanol–water partition coefficient (Wildman–Crippen LogP) is 3.07. The third kappa shape index (κ3) is 4.34. The molecule has 3 heterocycles. The smallest absolute Gasteiger partial charge is 0.274 e. The molecule has 2 aromatic heterocycles. The number of piperazine rings is 1. The monoisotopic (exact) mass is 388 g/mol. The summed E-state index contributed by atoms with van der Waals surface area (Å²) in [7, 11) is 0. The van der Waals surface area contributed by atoms with Crippen molar-refractivity contribution in [3.8, 4) is 0 Å². The fourth-order valence-corrected chi connectivity index (χ4v) is 3.47. The average Bonchev–Trinajstić information content (AvgIpc) is 2.76. The highest BCUT2D eigenvalue weighted by molar-refractivity contribution is 6.03. The zero-order valence-electron chi connectivity index (χ0n) is 16.7. The van der Waals surface area contributed by atoms with Gasteiger partial charge in [0.15, 0.2) is 0 Å². The number of amides is 1. The summed E-state index contributed by atoms with van der Waals surface area (Å²) in [4.78, 5) is 30.0. The molecule has 1 aromatic carbocycles. The fraction of sp³-hybridized carbons (Fsp3) is 0.273. The standard InChI is InChI=1S/C22H24N6O/c1-16-4-6-19(17(2)14-16)26-21(29)20-7-5-18(15-25-20)27-10-12-28(13-11-27)22-23-8-3-9-24-22/h3-9,14-15H,10-13H2,1-2H3,(H,26,29). The molecule has 1 amide bonds. The number of rotatable bonds is 4. The Morgan fingerprint density at radius 2 is 1.66 bits per heavy atom. The third-order valence-corrected chi connectivity index (χ3v) is 5.09. The summed E-state index contributed by atoms with van der Waals surface area (Å²) in [5, 5.41) is 2.94. The van der Waals surface area contributed by atoms with Gasteiger partial charge in [0.25, 0.3) is 5.91 Å². The van der Waals surface area contributed by atoms with Gasteiger partial charge < -0.3 is 15.1 Å². The Kier molecular flexibility index (Phi) is 5.37. The average molecular weight is 388 g/mol. The lowest BCUT2D eigenvalue weighted by molar-refractivity contribution is 0.102. The number of aryl methyl sites for hydroxylation is 2. The molecule has 3 aromatic rings. The maximum Gasteiger partial charge on any atom is 0.274 e. The highest BCUT2D eigenvalue weighted by Gasteiger charge is 2.19. The van der Waals surface area contributed by atoms with Gasteiger partial charge in [-0.1, -0.05) is 17.7 Å². The second-order valence-corrected chi connectivity index (χ2v) is 7.20. The number of pyridine rings is 1. The first-order chi connectivity index (χ1) is 14.1. The first-order valence-electron chi connectivity index (χ1n) is 9.72. The quantitative estimate of drug-likeness (QED) is 0.740. The van der Waals surface area contributed by atoms with E-state index >= 15 is 0 Å². The SMILES string of the molecule is Cc1ccc(NC(=O)c2ccc(N3CCN(c4ncccn4)CC3)cn2)c(C)c1. The number of aromatic nitrogens is 3. The van der Waals surface area contributed by atoms with Crippen molar-refractivity contribution >= 4 is 23.2 Å². The zero-order valence-corrected chi connectivity index (χ0v) is 16.7. The van der Waals surface area contributed by atoms with Crippen LogP contribution >= 0.6 is 0 Å². The molecule has 0 bridgehead atoms. The summed E-state index contributed by atoms with van der Waals surface area (Å²) < 4.78 is 0. The van der Waals surface area contributed by atoms with Crippen molar-refractivity contribution in [1.82, 2.24) is 15.0 Å². The topological polar surface area (TPSA) is 74.2 Å². The number of carbonyl (C=O) groups is 1. The van der Waals surface area contributed by atoms with Gasteiger partial charge in [0.1, 0.15) is 5.69 Å². The summed E-state index contributed by atoms with van der Waals surface area (Å²) in [6.45, 7) is 7.42. The molecule has 7 heteroatoms. The largest absolute Gasteiger partial charge is 0.367 e. The molecule has 1 saturated heterocycles. The molecule has 0 saturated carbocycles. The molecular weight excluding hydrogens is 364 g/mol. The number of anilines is 3. The lowest BCUT2D eigenvalue weighted by Gasteiger charge is -2.35. The first kappa shape index (κ1) is 18.9. The summed E-state index contributed by atoms with van der Waals surface area (Å²) in [5.74, 6) is 0.568. The molecule has 0 unspecified atom stereocenters. The zero-order chi connectivity index (χ0) is 20.2. The molecule has 29 heavy (non-hydrogen) atoms. The molecule has 7 nitrogen and oxygen atoms in total. The molecule has 0 aliphatic carbocycles. The van der Waals surface area contributed by atoms with Gasteiger partial charge in [-0.15, -0.1) is 0 Å². The van der Waals surface area contributed by atoms with Crippen LogP contribution in [0.3, 0.4) is 0 Å². The predicted molar refractivity (Wildman–Crippen MR) is 115 cm³/mol. The van der Waals surface area contributed by atoms with E-state index in [0.29, 0.717) is 5.69 Å². The highest BCUT2D eigenvalue weighted by Crippen LogP contribution is 2.19. The molecule has 0 spiro atoms. The molecule has 148 valence electrons. The van der Waals surface area contributed by atoms with Crippen molar-refractivity contribution < 1.29 is 4.79 Å². The van der Waals surface area contributed by atoms with Crippen LogP contribution in [0.2, 0.25) is 0 Å². The maximum atomic E-state index is 12.5. The van der Waals surface area contributed by atoms with Crippen LogP contribution < -0.4 is 15.1 Å². The molecule has 1 aliphatic rings. The number of hydrogen-bond acceptors (Lipinski definition) is 6. The summed E-state index contributed by atoms with van der Waals surface area (Å²) in [6.07, 6.45) is 5.30. The van der Waals surface area contributed by atoms with E-state index in [9.17, 15) is 4.79 Å². The van der Waals surface area contributed by atoms with Crippen molar-refractivity contribution in [3.63, 3.8) is 0 Å². The Morgan fingerprint density at radius 1 is 0.931 bits per heavy atom. The lowest BCUT2D eigenvalue weighted by Crippen LogP contribution is -2.47. The van der Waals surface area contributed by atoms with Gasteiger partial charge in [0, 0.05) is 44.3 Å². The van der Waals surface area contributed by atoms with E-state index < -0.39 is 0 Å². The van der Waals surface area contributed by atoms with Crippen LogP contribution in [0.1, 0.15) is 21.6 Å². The number of nitrogens with zero attached hydrogens (tertiary/aromatic N) is 5. The summed E-state index contributed by atoms with van der Waals surface area (Å²) in [6, 6.07) is 11.5. The van der Waals surface area contributed by atoms with Gasteiger partial charge in [0.2, 0.25) is 5.95 Å². The van der Waals surface area contributed by atoms with Gasteiger partial charge in [-0.05, 0) is 43.7 Å². The van der Waals surface area contributed by atoms with E-state index in [1.807, 2.05) is 44.2 Å². The van der Waals surface area contributed by atoms with E-state index in [1.165, 1.54) is 5.56 Å². The maximum absolute atomic E-state index is 12.5. The van der Waals surface area contributed by atoms with Gasteiger partial charge >= 0.3 is 0 Å².